The van der Waals surface area contributed by atoms with Crippen LogP contribution in [0.15, 0.2) is 117 Å². The second kappa shape index (κ2) is 24.2. The van der Waals surface area contributed by atoms with Gasteiger partial charge in [0.1, 0.15) is 49.8 Å². The summed E-state index contributed by atoms with van der Waals surface area (Å²) in [5.74, 6) is -2.06. The van der Waals surface area contributed by atoms with Crippen LogP contribution in [0.1, 0.15) is 23.1 Å². The number of imidazole rings is 1. The molecule has 0 aliphatic rings. The maximum absolute atomic E-state index is 13.2. The quantitative estimate of drug-likeness (QED) is 0.00987. The molecule has 0 saturated carbocycles. The summed E-state index contributed by atoms with van der Waals surface area (Å²) in [4.78, 5) is 11.7. The van der Waals surface area contributed by atoms with E-state index in [9.17, 15) is 62.8 Å². The number of hydrogen-bond donors (Lipinski definition) is 7. The lowest BCUT2D eigenvalue weighted by Crippen LogP contribution is -2.08. The summed E-state index contributed by atoms with van der Waals surface area (Å²) >= 11 is 1.78. The molecule has 0 amide bonds. The zero-order valence-corrected chi connectivity index (χ0v) is 46.0. The van der Waals surface area contributed by atoms with Crippen LogP contribution in [0, 0.1) is 25.2 Å². The molecule has 0 aliphatic heterocycles. The number of rotatable bonds is 19. The summed E-state index contributed by atoms with van der Waals surface area (Å²) in [6.07, 6.45) is 0.506. The van der Waals surface area contributed by atoms with Gasteiger partial charge >= 0.3 is 0 Å². The molecule has 0 aliphatic carbocycles. The SMILES string of the molecule is COOSc1cc(S(=O)(=O)O)c2nc(N=Nc3cc(OCCCS(=O)(=O)O)c(N=Nc4c(SOOO)cc5c(S(=O)(=O)O)c(N=Nc6c(C)c(C#N)c7nc8ccccc8n7c6O)ccc5c4O)cc3C)sc2c1.CS(=O)(=O)O. The number of aryl methyl sites for hydroxylation is 1. The average Bonchev–Trinajstić information content (AvgIpc) is 4.22. The predicted octanol–water partition coefficient (Wildman–Crippen LogP) is 10.1. The van der Waals surface area contributed by atoms with E-state index in [1.54, 1.807) is 31.2 Å². The Hall–Kier alpha value is -6.97. The van der Waals surface area contributed by atoms with Crippen LogP contribution in [0.4, 0.5) is 33.6 Å². The van der Waals surface area contributed by atoms with Crippen LogP contribution < -0.4 is 4.74 Å². The fourth-order valence-corrected chi connectivity index (χ4v) is 11.2. The molecule has 0 bridgehead atoms. The van der Waals surface area contributed by atoms with E-state index in [1.165, 1.54) is 42.7 Å². The van der Waals surface area contributed by atoms with E-state index in [0.29, 0.717) is 34.9 Å². The number of nitrogens with zero attached hydrogens (tertiary/aromatic N) is 10. The summed E-state index contributed by atoms with van der Waals surface area (Å²) in [6, 6.07) is 17.4. The van der Waals surface area contributed by atoms with Crippen molar-refractivity contribution in [3.05, 3.63) is 83.4 Å². The van der Waals surface area contributed by atoms with Crippen LogP contribution in [-0.4, -0.2) is 107 Å². The molecule has 5 aromatic carbocycles. The van der Waals surface area contributed by atoms with Gasteiger partial charge in [0.25, 0.3) is 40.5 Å². The van der Waals surface area contributed by atoms with Gasteiger partial charge < -0.3 is 14.9 Å². The van der Waals surface area contributed by atoms with Gasteiger partial charge in [0, 0.05) is 27.3 Å². The topological polar surface area (TPSA) is 452 Å². The van der Waals surface area contributed by atoms with Crippen LogP contribution in [0.25, 0.3) is 37.7 Å². The molecular formula is C42H36N10O20S7. The minimum absolute atomic E-state index is 0.0271. The van der Waals surface area contributed by atoms with Crippen molar-refractivity contribution in [3.8, 4) is 23.4 Å². The van der Waals surface area contributed by atoms with Gasteiger partial charge in [0.15, 0.2) is 17.1 Å². The van der Waals surface area contributed by atoms with Gasteiger partial charge in [-0.2, -0.15) is 43.3 Å². The number of thiazole rings is 1. The van der Waals surface area contributed by atoms with Gasteiger partial charge in [-0.05, 0) is 74.4 Å². The van der Waals surface area contributed by atoms with Gasteiger partial charge in [-0.1, -0.05) is 28.5 Å². The maximum atomic E-state index is 13.2. The highest BCUT2D eigenvalue weighted by atomic mass is 32.2. The normalized spacial score (nSPS) is 12.7. The molecule has 0 atom stereocenters. The number of nitriles is 1. The van der Waals surface area contributed by atoms with Crippen molar-refractivity contribution in [1.82, 2.24) is 14.4 Å². The Morgan fingerprint density at radius 2 is 1.46 bits per heavy atom. The third kappa shape index (κ3) is 14.3. The summed E-state index contributed by atoms with van der Waals surface area (Å²) in [6.45, 7) is 2.72. The van der Waals surface area contributed by atoms with Crippen LogP contribution in [0.2, 0.25) is 0 Å². The number of ether oxygens (including phenoxy) is 1. The first kappa shape index (κ1) is 59.7. The van der Waals surface area contributed by atoms with Crippen molar-refractivity contribution in [3.63, 3.8) is 0 Å². The third-order valence-electron chi connectivity index (χ3n) is 10.4. The number of phenolic OH excluding ortho intramolecular Hbond substituents is 1. The molecule has 3 aromatic heterocycles. The number of hydrogen-bond acceptors (Lipinski definition) is 28. The summed E-state index contributed by atoms with van der Waals surface area (Å²) in [5, 5.41) is 70.3. The molecule has 416 valence electrons. The molecular weight excluding hydrogens is 1190 g/mol. The molecule has 0 fully saturated rings. The average molecular weight is 1230 g/mol. The molecule has 8 aromatic rings. The molecule has 0 radical (unpaired) electrons. The molecule has 8 rings (SSSR count). The third-order valence-corrected chi connectivity index (χ3v) is 15.1. The molecule has 3 heterocycles. The van der Waals surface area contributed by atoms with E-state index in [2.05, 4.69) is 54.9 Å². The zero-order valence-electron chi connectivity index (χ0n) is 40.2. The molecule has 37 heteroatoms. The number of fused-ring (bicyclic) bond motifs is 5. The van der Waals surface area contributed by atoms with Crippen molar-refractivity contribution < 1.29 is 90.7 Å². The lowest BCUT2D eigenvalue weighted by atomic mass is 10.1. The Morgan fingerprint density at radius 1 is 0.772 bits per heavy atom. The van der Waals surface area contributed by atoms with E-state index in [-0.39, 0.29) is 95.2 Å². The second-order valence-corrected chi connectivity index (χ2v) is 24.1. The van der Waals surface area contributed by atoms with Crippen molar-refractivity contribution in [2.45, 2.75) is 39.9 Å². The van der Waals surface area contributed by atoms with Gasteiger partial charge in [0.2, 0.25) is 11.0 Å². The summed E-state index contributed by atoms with van der Waals surface area (Å²) < 4.78 is 146. The number of phenols is 1. The largest absolute Gasteiger partial charge is 0.505 e. The first-order valence-electron chi connectivity index (χ1n) is 21.3. The maximum Gasteiger partial charge on any atom is 0.297 e. The van der Waals surface area contributed by atoms with E-state index >= 15 is 0 Å². The van der Waals surface area contributed by atoms with Crippen LogP contribution in [0.3, 0.4) is 0 Å². The van der Waals surface area contributed by atoms with E-state index in [4.69, 9.17) is 18.9 Å². The standard InChI is InChI=1S/C41H32N10O17S6.CH4O3S/c1-19-13-28(30(65-11-6-12-72(55,56)57)17-27(19)46-50-41-44-35-31(69-41)14-21(70-67-64-3)15-33(35)73(58,59)60)47-49-36-32(71-68-66-54)16-23-22(37(36)52)9-10-26(38(23)74(61,62)63)45-48-34-20(2)24(18-42)39-43-25-7-4-5-8-29(25)51(39)40(34)53;1-5(2,3)4/h4-5,7-10,13-17,52-54H,6,11-12H2,1-3H3,(H,55,56,57)(H,58,59,60)(H,61,62,63);1H3,(H,2,3,4). The fraction of sp³-hybridized carbons (Fsp3) is 0.167. The highest BCUT2D eigenvalue weighted by Crippen LogP contribution is 2.49. The Bertz CT molecular complexity index is 4330. The minimum Gasteiger partial charge on any atom is -0.505 e. The highest BCUT2D eigenvalue weighted by Gasteiger charge is 2.27. The van der Waals surface area contributed by atoms with Crippen molar-refractivity contribution in [2.75, 3.05) is 25.7 Å². The van der Waals surface area contributed by atoms with Crippen molar-refractivity contribution >= 4 is 147 Å². The second-order valence-electron chi connectivity index (χ2n) is 15.8. The number of aromatic nitrogens is 3. The number of aromatic hydroxyl groups is 2. The first-order valence-corrected chi connectivity index (χ1v) is 29.9. The Kier molecular flexibility index (Phi) is 18.3. The first-order chi connectivity index (χ1) is 37.1. The van der Waals surface area contributed by atoms with E-state index < -0.39 is 84.4 Å². The van der Waals surface area contributed by atoms with Crippen molar-refractivity contribution in [1.29, 1.82) is 5.26 Å². The lowest BCUT2D eigenvalue weighted by Gasteiger charge is -2.13. The molecule has 7 N–H and O–H groups in total. The minimum atomic E-state index is -5.26. The molecule has 0 unspecified atom stereocenters. The monoisotopic (exact) mass is 1220 g/mol. The zero-order chi connectivity index (χ0) is 57.8. The van der Waals surface area contributed by atoms with Crippen LogP contribution in [-0.2, 0) is 59.1 Å². The molecule has 30 nitrogen and oxygen atoms in total. The number of azo groups is 3. The highest BCUT2D eigenvalue weighted by molar-refractivity contribution is 7.95. The number of pyridine rings is 1. The van der Waals surface area contributed by atoms with Gasteiger partial charge in [-0.15, -0.1) is 35.0 Å². The summed E-state index contributed by atoms with van der Waals surface area (Å²) in [7, 11) is -16.9. The van der Waals surface area contributed by atoms with E-state index in [1.807, 2.05) is 6.07 Å². The lowest BCUT2D eigenvalue weighted by molar-refractivity contribution is -0.432. The smallest absolute Gasteiger partial charge is 0.297 e. The number of benzene rings is 5. The van der Waals surface area contributed by atoms with Crippen LogP contribution in [0.5, 0.6) is 17.4 Å². The predicted molar refractivity (Wildman–Crippen MR) is 281 cm³/mol. The van der Waals surface area contributed by atoms with Gasteiger partial charge in [-0.3, -0.25) is 22.6 Å². The Labute approximate surface area is 457 Å². The number of para-hydroxylation sites is 2. The van der Waals surface area contributed by atoms with Crippen LogP contribution >= 0.6 is 35.4 Å². The van der Waals surface area contributed by atoms with E-state index in [0.717, 1.165) is 29.5 Å². The molecule has 79 heavy (non-hydrogen) atoms. The Morgan fingerprint density at radius 3 is 2.11 bits per heavy atom. The van der Waals surface area contributed by atoms with Crippen molar-refractivity contribution in [2.24, 2.45) is 30.7 Å². The Balaban J connectivity index is 0.00000173. The fourth-order valence-electron chi connectivity index (χ4n) is 7.18. The molecule has 0 spiro atoms. The van der Waals surface area contributed by atoms with Gasteiger partial charge in [-0.25, -0.2) is 20.1 Å². The summed E-state index contributed by atoms with van der Waals surface area (Å²) in [5.41, 5.74) is 0.221. The van der Waals surface area contributed by atoms with Gasteiger partial charge in [0.05, 0.1) is 76.1 Å². The molecule has 0 saturated heterocycles.